The molecular formula is C26H34N6O2. The highest BCUT2D eigenvalue weighted by Crippen LogP contribution is 2.38. The number of nitrogens with zero attached hydrogens (tertiary/aromatic N) is 4. The van der Waals surface area contributed by atoms with E-state index in [9.17, 15) is 4.79 Å². The number of hydroxylamine groups is 1. The first-order valence-electron chi connectivity index (χ1n) is 12.1. The van der Waals surface area contributed by atoms with Gasteiger partial charge in [0.2, 0.25) is 5.91 Å². The second-order valence-corrected chi connectivity index (χ2v) is 9.54. The molecular weight excluding hydrogens is 428 g/mol. The number of carbonyl (C=O) groups is 1. The lowest BCUT2D eigenvalue weighted by atomic mass is 9.72. The van der Waals surface area contributed by atoms with E-state index in [0.717, 1.165) is 35.3 Å². The molecule has 1 aliphatic carbocycles. The number of carbonyl (C=O) groups excluding carboxylic acids is 1. The van der Waals surface area contributed by atoms with Crippen molar-refractivity contribution in [2.75, 3.05) is 10.4 Å². The average Bonchev–Trinajstić information content (AvgIpc) is 3.36. The van der Waals surface area contributed by atoms with Crippen molar-refractivity contribution in [1.82, 2.24) is 20.6 Å². The highest BCUT2D eigenvalue weighted by atomic mass is 16.7. The molecule has 3 aromatic rings. The number of hydrogen-bond donors (Lipinski definition) is 2. The Morgan fingerprint density at radius 2 is 2.00 bits per heavy atom. The minimum atomic E-state index is -0.115. The summed E-state index contributed by atoms with van der Waals surface area (Å²) in [5.74, 6) is 2.06. The molecule has 1 fully saturated rings. The second-order valence-electron chi connectivity index (χ2n) is 9.54. The van der Waals surface area contributed by atoms with Crippen molar-refractivity contribution in [3.05, 3.63) is 54.1 Å². The maximum absolute atomic E-state index is 12.6. The van der Waals surface area contributed by atoms with Crippen LogP contribution in [0.15, 0.2) is 48.5 Å². The van der Waals surface area contributed by atoms with Gasteiger partial charge >= 0.3 is 0 Å². The predicted octanol–water partition coefficient (Wildman–Crippen LogP) is 5.22. The largest absolute Gasteiger partial charge is 0.381 e. The molecule has 1 aromatic heterocycles. The van der Waals surface area contributed by atoms with Crippen LogP contribution in [-0.2, 0) is 16.2 Å². The maximum atomic E-state index is 12.6. The summed E-state index contributed by atoms with van der Waals surface area (Å²) in [4.78, 5) is 18.9. The first kappa shape index (κ1) is 23.9. The Bertz CT molecular complexity index is 1070. The Kier molecular flexibility index (Phi) is 7.57. The van der Waals surface area contributed by atoms with Gasteiger partial charge in [-0.3, -0.25) is 9.63 Å². The van der Waals surface area contributed by atoms with Crippen molar-refractivity contribution in [2.45, 2.75) is 59.6 Å². The Labute approximate surface area is 201 Å². The maximum Gasteiger partial charge on any atom is 0.247 e. The minimum absolute atomic E-state index is 0.0438. The molecule has 8 nitrogen and oxygen atoms in total. The zero-order valence-corrected chi connectivity index (χ0v) is 20.4. The number of H-pyrrole nitrogens is 1. The van der Waals surface area contributed by atoms with Gasteiger partial charge in [-0.25, -0.2) is 5.10 Å². The normalized spacial score (nSPS) is 20.3. The monoisotopic (exact) mass is 462 g/mol. The third kappa shape index (κ3) is 5.62. The molecule has 8 heteroatoms. The van der Waals surface area contributed by atoms with E-state index < -0.39 is 0 Å². The molecule has 1 heterocycles. The summed E-state index contributed by atoms with van der Waals surface area (Å²) >= 11 is 0. The molecule has 3 atom stereocenters. The third-order valence-corrected chi connectivity index (χ3v) is 6.68. The van der Waals surface area contributed by atoms with E-state index in [4.69, 9.17) is 4.84 Å². The summed E-state index contributed by atoms with van der Waals surface area (Å²) in [6.45, 7) is 9.01. The fourth-order valence-electron chi connectivity index (χ4n) is 5.06. The van der Waals surface area contributed by atoms with Crippen LogP contribution in [0.5, 0.6) is 0 Å². The van der Waals surface area contributed by atoms with Gasteiger partial charge in [-0.2, -0.15) is 5.06 Å². The zero-order valence-electron chi connectivity index (χ0n) is 20.4. The minimum Gasteiger partial charge on any atom is -0.381 e. The molecule has 1 saturated carbocycles. The van der Waals surface area contributed by atoms with Gasteiger partial charge in [-0.15, -0.1) is 5.10 Å². The van der Waals surface area contributed by atoms with E-state index in [2.05, 4.69) is 46.7 Å². The molecule has 180 valence electrons. The third-order valence-electron chi connectivity index (χ3n) is 6.68. The molecule has 3 unspecified atom stereocenters. The molecule has 0 bridgehead atoms. The summed E-state index contributed by atoms with van der Waals surface area (Å²) in [7, 11) is 0. The molecule has 4 rings (SSSR count). The fraction of sp³-hybridized carbons (Fsp3) is 0.462. The summed E-state index contributed by atoms with van der Waals surface area (Å²) < 4.78 is 0. The summed E-state index contributed by atoms with van der Waals surface area (Å²) in [6, 6.07) is 15.9. The van der Waals surface area contributed by atoms with Gasteiger partial charge in [0.1, 0.15) is 0 Å². The zero-order chi connectivity index (χ0) is 24.1. The summed E-state index contributed by atoms with van der Waals surface area (Å²) in [5, 5.41) is 18.8. The van der Waals surface area contributed by atoms with Crippen molar-refractivity contribution in [3.8, 4) is 11.4 Å². The van der Waals surface area contributed by atoms with Crippen LogP contribution in [0.1, 0.15) is 52.5 Å². The standard InChI is InChI=1S/C26H34N6O2/c1-17(2)25-18(3)7-5-10-24(25)34-32(19(4)33)23-9-6-8-22(15-23)27-16-20-11-13-21(14-12-20)26-28-30-31-29-26/h6,8-9,11-15,17-18,24-25,27H,5,7,10,16H2,1-4H3,(H,28,29,30,31). The number of nitrogens with one attached hydrogen (secondary N) is 2. The van der Waals surface area contributed by atoms with E-state index in [0.29, 0.717) is 30.1 Å². The predicted molar refractivity (Wildman–Crippen MR) is 133 cm³/mol. The van der Waals surface area contributed by atoms with Crippen LogP contribution in [0, 0.1) is 17.8 Å². The lowest BCUT2D eigenvalue weighted by Gasteiger charge is -2.40. The van der Waals surface area contributed by atoms with Gasteiger partial charge in [0.25, 0.3) is 0 Å². The summed E-state index contributed by atoms with van der Waals surface area (Å²) in [5.41, 5.74) is 3.72. The van der Waals surface area contributed by atoms with Gasteiger partial charge in [0.15, 0.2) is 5.82 Å². The van der Waals surface area contributed by atoms with E-state index in [1.807, 2.05) is 48.5 Å². The first-order valence-corrected chi connectivity index (χ1v) is 12.1. The van der Waals surface area contributed by atoms with E-state index in [-0.39, 0.29) is 12.0 Å². The number of anilines is 2. The fourth-order valence-corrected chi connectivity index (χ4v) is 5.06. The number of benzene rings is 2. The van der Waals surface area contributed by atoms with Gasteiger partial charge in [-0.05, 0) is 58.4 Å². The molecule has 0 aliphatic heterocycles. The Balaban J connectivity index is 1.44. The van der Waals surface area contributed by atoms with Crippen LogP contribution in [0.2, 0.25) is 0 Å². The molecule has 1 aliphatic rings. The number of hydrogen-bond acceptors (Lipinski definition) is 6. The van der Waals surface area contributed by atoms with Crippen molar-refractivity contribution in [3.63, 3.8) is 0 Å². The SMILES string of the molecule is CC(=O)N(OC1CCCC(C)C1C(C)C)c1cccc(NCc2ccc(-c3nnn[nH]3)cc2)c1. The number of amides is 1. The Morgan fingerprint density at radius 3 is 2.68 bits per heavy atom. The Hall–Kier alpha value is -3.26. The molecule has 0 spiro atoms. The molecule has 0 saturated heterocycles. The van der Waals surface area contributed by atoms with Crippen molar-refractivity contribution in [2.24, 2.45) is 17.8 Å². The van der Waals surface area contributed by atoms with Crippen LogP contribution in [0.4, 0.5) is 11.4 Å². The smallest absolute Gasteiger partial charge is 0.247 e. The van der Waals surface area contributed by atoms with Crippen LogP contribution < -0.4 is 10.4 Å². The van der Waals surface area contributed by atoms with Crippen LogP contribution in [0.25, 0.3) is 11.4 Å². The molecule has 34 heavy (non-hydrogen) atoms. The highest BCUT2D eigenvalue weighted by molar-refractivity contribution is 5.90. The average molecular weight is 463 g/mol. The van der Waals surface area contributed by atoms with Gasteiger partial charge in [0, 0.05) is 24.7 Å². The summed E-state index contributed by atoms with van der Waals surface area (Å²) in [6.07, 6.45) is 3.38. The van der Waals surface area contributed by atoms with Crippen LogP contribution >= 0.6 is 0 Å². The van der Waals surface area contributed by atoms with Crippen LogP contribution in [0.3, 0.4) is 0 Å². The van der Waals surface area contributed by atoms with E-state index in [1.165, 1.54) is 11.5 Å². The van der Waals surface area contributed by atoms with E-state index in [1.54, 1.807) is 6.92 Å². The second kappa shape index (κ2) is 10.8. The molecule has 2 aromatic carbocycles. The van der Waals surface area contributed by atoms with Crippen molar-refractivity contribution >= 4 is 17.3 Å². The quantitative estimate of drug-likeness (QED) is 0.445. The number of aromatic nitrogens is 4. The lowest BCUT2D eigenvalue weighted by Crippen LogP contribution is -2.43. The first-order chi connectivity index (χ1) is 16.4. The van der Waals surface area contributed by atoms with Gasteiger partial charge in [0.05, 0.1) is 11.8 Å². The molecule has 0 radical (unpaired) electrons. The number of tetrazole rings is 1. The van der Waals surface area contributed by atoms with Gasteiger partial charge in [-0.1, -0.05) is 63.9 Å². The van der Waals surface area contributed by atoms with Crippen LogP contribution in [-0.4, -0.2) is 32.6 Å². The molecule has 2 N–H and O–H groups in total. The number of aromatic amines is 1. The van der Waals surface area contributed by atoms with Crippen molar-refractivity contribution < 1.29 is 9.63 Å². The van der Waals surface area contributed by atoms with Crippen molar-refractivity contribution in [1.29, 1.82) is 0 Å². The topological polar surface area (TPSA) is 96.0 Å². The Morgan fingerprint density at radius 1 is 1.21 bits per heavy atom. The number of rotatable bonds is 8. The van der Waals surface area contributed by atoms with Gasteiger partial charge < -0.3 is 5.32 Å². The molecule has 1 amide bonds. The highest BCUT2D eigenvalue weighted by Gasteiger charge is 2.36. The van der Waals surface area contributed by atoms with E-state index >= 15 is 0 Å². The lowest BCUT2D eigenvalue weighted by molar-refractivity contribution is -0.131.